The average molecular weight is 269 g/mol. The number of carbonyl (C=O) groups is 2. The maximum atomic E-state index is 12.1. The predicted molar refractivity (Wildman–Crippen MR) is 76.9 cm³/mol. The molecule has 2 aromatic carbocycles. The molecule has 0 unspecified atom stereocenters. The van der Waals surface area contributed by atoms with Crippen LogP contribution < -0.4 is 10.1 Å². The monoisotopic (exact) mass is 269 g/mol. The highest BCUT2D eigenvalue weighted by Crippen LogP contribution is 2.19. The highest BCUT2D eigenvalue weighted by atomic mass is 16.5. The van der Waals surface area contributed by atoms with Crippen LogP contribution in [0.3, 0.4) is 0 Å². The van der Waals surface area contributed by atoms with E-state index in [1.807, 2.05) is 25.1 Å². The first-order valence-electron chi connectivity index (χ1n) is 6.22. The van der Waals surface area contributed by atoms with Gasteiger partial charge in [-0.25, -0.2) is 4.79 Å². The van der Waals surface area contributed by atoms with Gasteiger partial charge in [-0.15, -0.1) is 0 Å². The zero-order chi connectivity index (χ0) is 14.5. The molecule has 102 valence electrons. The first-order chi connectivity index (χ1) is 9.56. The number of rotatable bonds is 3. The fraction of sp³-hybridized carbons (Fsp3) is 0.125. The molecule has 0 fully saturated rings. The molecule has 0 aliphatic rings. The molecule has 4 heteroatoms. The van der Waals surface area contributed by atoms with Crippen molar-refractivity contribution < 1.29 is 14.3 Å². The van der Waals surface area contributed by atoms with Crippen LogP contribution in [0.1, 0.15) is 22.8 Å². The molecule has 4 nitrogen and oxygen atoms in total. The maximum absolute atomic E-state index is 12.1. The minimum Gasteiger partial charge on any atom is -0.423 e. The summed E-state index contributed by atoms with van der Waals surface area (Å²) >= 11 is 0. The lowest BCUT2D eigenvalue weighted by atomic mass is 10.2. The van der Waals surface area contributed by atoms with E-state index in [0.717, 1.165) is 5.56 Å². The number of aryl methyl sites for hydroxylation is 1. The van der Waals surface area contributed by atoms with Crippen molar-refractivity contribution in [3.8, 4) is 5.75 Å². The molecule has 1 N–H and O–H groups in total. The van der Waals surface area contributed by atoms with Crippen molar-refractivity contribution in [3.63, 3.8) is 0 Å². The summed E-state index contributed by atoms with van der Waals surface area (Å²) in [6.45, 7) is 3.29. The van der Waals surface area contributed by atoms with Crippen LogP contribution in [0.4, 0.5) is 5.69 Å². The molecule has 2 aromatic rings. The molecule has 0 aromatic heterocycles. The molecule has 0 bridgehead atoms. The number of amides is 1. The number of nitrogens with one attached hydrogen (secondary N) is 1. The summed E-state index contributed by atoms with van der Waals surface area (Å²) in [6.07, 6.45) is 0. The van der Waals surface area contributed by atoms with Crippen molar-refractivity contribution in [2.45, 2.75) is 13.8 Å². The van der Waals surface area contributed by atoms with E-state index in [2.05, 4.69) is 5.32 Å². The third-order valence-electron chi connectivity index (χ3n) is 2.71. The van der Waals surface area contributed by atoms with E-state index in [9.17, 15) is 9.59 Å². The molecular formula is C16H15NO3. The number of para-hydroxylation sites is 1. The van der Waals surface area contributed by atoms with Crippen molar-refractivity contribution in [3.05, 3.63) is 59.7 Å². The minimum absolute atomic E-state index is 0.186. The number of hydrogen-bond acceptors (Lipinski definition) is 3. The van der Waals surface area contributed by atoms with Crippen molar-refractivity contribution in [2.24, 2.45) is 0 Å². The van der Waals surface area contributed by atoms with Gasteiger partial charge in [0.05, 0.1) is 5.56 Å². The summed E-state index contributed by atoms with van der Waals surface area (Å²) in [5, 5.41) is 2.63. The topological polar surface area (TPSA) is 55.4 Å². The number of anilines is 1. The number of esters is 1. The number of hydrogen-bond donors (Lipinski definition) is 1. The van der Waals surface area contributed by atoms with Crippen LogP contribution in [0, 0.1) is 6.92 Å². The van der Waals surface area contributed by atoms with Gasteiger partial charge >= 0.3 is 5.97 Å². The predicted octanol–water partition coefficient (Wildman–Crippen LogP) is 3.17. The lowest BCUT2D eigenvalue weighted by Gasteiger charge is -2.08. The highest BCUT2D eigenvalue weighted by Gasteiger charge is 2.10. The van der Waals surface area contributed by atoms with Gasteiger partial charge < -0.3 is 10.1 Å². The molecule has 0 atom stereocenters. The highest BCUT2D eigenvalue weighted by molar-refractivity contribution is 5.94. The quantitative estimate of drug-likeness (QED) is 0.687. The molecule has 2 rings (SSSR count). The zero-order valence-electron chi connectivity index (χ0n) is 11.3. The van der Waals surface area contributed by atoms with Crippen molar-refractivity contribution >= 4 is 17.6 Å². The summed E-state index contributed by atoms with van der Waals surface area (Å²) in [5.74, 6) is -0.108. The van der Waals surface area contributed by atoms with Crippen LogP contribution in [0.5, 0.6) is 5.75 Å². The molecule has 0 spiro atoms. The Morgan fingerprint density at radius 1 is 1.05 bits per heavy atom. The third-order valence-corrected chi connectivity index (χ3v) is 2.71. The van der Waals surface area contributed by atoms with Gasteiger partial charge in [-0.3, -0.25) is 4.79 Å². The van der Waals surface area contributed by atoms with Gasteiger partial charge in [-0.2, -0.15) is 0 Å². The van der Waals surface area contributed by atoms with Crippen molar-refractivity contribution in [1.29, 1.82) is 0 Å². The second-order valence-electron chi connectivity index (χ2n) is 4.42. The van der Waals surface area contributed by atoms with Gasteiger partial charge in [-0.05, 0) is 36.8 Å². The second-order valence-corrected chi connectivity index (χ2v) is 4.42. The fourth-order valence-electron chi connectivity index (χ4n) is 1.76. The van der Waals surface area contributed by atoms with E-state index in [1.165, 1.54) is 6.92 Å². The number of carbonyl (C=O) groups excluding carboxylic acids is 2. The summed E-state index contributed by atoms with van der Waals surface area (Å²) in [7, 11) is 0. The Labute approximate surface area is 117 Å². The standard InChI is InChI=1S/C16H15NO3/c1-11-6-3-4-9-15(11)20-16(19)13-7-5-8-14(10-13)17-12(2)18/h3-10H,1-2H3,(H,17,18). The fourth-order valence-corrected chi connectivity index (χ4v) is 1.76. The Bertz CT molecular complexity index is 650. The van der Waals surface area contributed by atoms with Gasteiger partial charge in [0, 0.05) is 12.6 Å². The van der Waals surface area contributed by atoms with Crippen molar-refractivity contribution in [1.82, 2.24) is 0 Å². The van der Waals surface area contributed by atoms with E-state index >= 15 is 0 Å². The Morgan fingerprint density at radius 3 is 2.50 bits per heavy atom. The number of ether oxygens (including phenoxy) is 1. The molecule has 0 heterocycles. The van der Waals surface area contributed by atoms with E-state index in [4.69, 9.17) is 4.74 Å². The summed E-state index contributed by atoms with van der Waals surface area (Å²) < 4.78 is 5.34. The van der Waals surface area contributed by atoms with Crippen LogP contribution in [-0.4, -0.2) is 11.9 Å². The molecule has 1 amide bonds. The Balaban J connectivity index is 2.17. The maximum Gasteiger partial charge on any atom is 0.343 e. The first kappa shape index (κ1) is 13.8. The van der Waals surface area contributed by atoms with E-state index < -0.39 is 5.97 Å². The molecule has 0 aliphatic heterocycles. The molecule has 20 heavy (non-hydrogen) atoms. The van der Waals surface area contributed by atoms with E-state index in [0.29, 0.717) is 17.0 Å². The van der Waals surface area contributed by atoms with Gasteiger partial charge in [0.2, 0.25) is 5.91 Å². The summed E-state index contributed by atoms with van der Waals surface area (Å²) in [5.41, 5.74) is 1.84. The zero-order valence-corrected chi connectivity index (χ0v) is 11.3. The third kappa shape index (κ3) is 3.45. The molecule has 0 radical (unpaired) electrons. The van der Waals surface area contributed by atoms with Crippen LogP contribution >= 0.6 is 0 Å². The largest absolute Gasteiger partial charge is 0.423 e. The Morgan fingerprint density at radius 2 is 1.80 bits per heavy atom. The van der Waals surface area contributed by atoms with Gasteiger partial charge in [0.15, 0.2) is 0 Å². The minimum atomic E-state index is -0.452. The van der Waals surface area contributed by atoms with Crippen LogP contribution in [0.2, 0.25) is 0 Å². The van der Waals surface area contributed by atoms with Gasteiger partial charge in [0.1, 0.15) is 5.75 Å². The van der Waals surface area contributed by atoms with Crippen LogP contribution in [0.15, 0.2) is 48.5 Å². The average Bonchev–Trinajstić information content (AvgIpc) is 2.41. The lowest BCUT2D eigenvalue weighted by molar-refractivity contribution is -0.114. The lowest BCUT2D eigenvalue weighted by Crippen LogP contribution is -2.11. The SMILES string of the molecule is CC(=O)Nc1cccc(C(=O)Oc2ccccc2C)c1. The Kier molecular flexibility index (Phi) is 4.15. The second kappa shape index (κ2) is 6.02. The molecular weight excluding hydrogens is 254 g/mol. The Hall–Kier alpha value is -2.62. The van der Waals surface area contributed by atoms with Crippen LogP contribution in [0.25, 0.3) is 0 Å². The van der Waals surface area contributed by atoms with E-state index in [1.54, 1.807) is 30.3 Å². The summed E-state index contributed by atoms with van der Waals surface area (Å²) in [4.78, 5) is 23.1. The smallest absolute Gasteiger partial charge is 0.343 e. The molecule has 0 saturated carbocycles. The molecule has 0 saturated heterocycles. The van der Waals surface area contributed by atoms with Crippen molar-refractivity contribution in [2.75, 3.05) is 5.32 Å². The first-order valence-corrected chi connectivity index (χ1v) is 6.22. The normalized spacial score (nSPS) is 9.90. The summed E-state index contributed by atoms with van der Waals surface area (Å²) in [6, 6.07) is 13.9. The molecule has 0 aliphatic carbocycles. The van der Waals surface area contributed by atoms with E-state index in [-0.39, 0.29) is 5.91 Å². The van der Waals surface area contributed by atoms with Crippen LogP contribution in [-0.2, 0) is 4.79 Å². The van der Waals surface area contributed by atoms with Gasteiger partial charge in [0.25, 0.3) is 0 Å². The number of benzene rings is 2. The van der Waals surface area contributed by atoms with Gasteiger partial charge in [-0.1, -0.05) is 24.3 Å².